The smallest absolute Gasteiger partial charge is 0.115 e. The lowest BCUT2D eigenvalue weighted by Crippen LogP contribution is -2.06. The van der Waals surface area contributed by atoms with Gasteiger partial charge in [0, 0.05) is 5.88 Å². The van der Waals surface area contributed by atoms with E-state index in [0.717, 1.165) is 12.3 Å². The average molecular weight is 197 g/mol. The summed E-state index contributed by atoms with van der Waals surface area (Å²) in [6.07, 6.45) is 3.46. The van der Waals surface area contributed by atoms with Gasteiger partial charge in [-0.2, -0.15) is 0 Å². The van der Waals surface area contributed by atoms with E-state index in [9.17, 15) is 5.11 Å². The van der Waals surface area contributed by atoms with Crippen molar-refractivity contribution in [2.24, 2.45) is 5.41 Å². The summed E-state index contributed by atoms with van der Waals surface area (Å²) in [5.74, 6) is 1.09. The van der Waals surface area contributed by atoms with Crippen LogP contribution in [0.4, 0.5) is 0 Å². The summed E-state index contributed by atoms with van der Waals surface area (Å²) >= 11 is 5.88. The van der Waals surface area contributed by atoms with Crippen molar-refractivity contribution in [3.05, 3.63) is 29.8 Å². The van der Waals surface area contributed by atoms with Crippen molar-refractivity contribution in [2.45, 2.75) is 19.3 Å². The second-order valence-electron chi connectivity index (χ2n) is 3.98. The third-order valence-electron chi connectivity index (χ3n) is 2.73. The minimum absolute atomic E-state index is 0.343. The maximum Gasteiger partial charge on any atom is 0.115 e. The van der Waals surface area contributed by atoms with E-state index in [1.54, 1.807) is 6.07 Å². The Morgan fingerprint density at radius 1 is 1.38 bits per heavy atom. The van der Waals surface area contributed by atoms with E-state index in [1.165, 1.54) is 18.4 Å². The molecule has 0 aliphatic heterocycles. The highest BCUT2D eigenvalue weighted by molar-refractivity contribution is 6.18. The fraction of sp³-hybridized carbons (Fsp3) is 0.455. The van der Waals surface area contributed by atoms with Crippen LogP contribution in [0.3, 0.4) is 0 Å². The fourth-order valence-electron chi connectivity index (χ4n) is 1.63. The first-order chi connectivity index (χ1) is 6.24. The Bertz CT molecular complexity index is 305. The highest BCUT2D eigenvalue weighted by atomic mass is 35.5. The van der Waals surface area contributed by atoms with Crippen LogP contribution in [0, 0.1) is 5.41 Å². The Balaban J connectivity index is 2.09. The predicted octanol–water partition coefficient (Wildman–Crippen LogP) is 2.95. The third kappa shape index (κ3) is 1.97. The van der Waals surface area contributed by atoms with Crippen molar-refractivity contribution in [3.63, 3.8) is 0 Å². The van der Waals surface area contributed by atoms with E-state index in [-0.39, 0.29) is 0 Å². The minimum Gasteiger partial charge on any atom is -0.508 e. The van der Waals surface area contributed by atoms with E-state index in [2.05, 4.69) is 0 Å². The van der Waals surface area contributed by atoms with E-state index < -0.39 is 0 Å². The lowest BCUT2D eigenvalue weighted by molar-refractivity contribution is 0.473. The van der Waals surface area contributed by atoms with E-state index >= 15 is 0 Å². The van der Waals surface area contributed by atoms with Gasteiger partial charge >= 0.3 is 0 Å². The van der Waals surface area contributed by atoms with Crippen LogP contribution in [-0.2, 0) is 6.42 Å². The fourth-order valence-corrected chi connectivity index (χ4v) is 2.00. The second-order valence-corrected chi connectivity index (χ2v) is 4.25. The summed E-state index contributed by atoms with van der Waals surface area (Å²) in [6.45, 7) is 0. The molecule has 0 heterocycles. The Morgan fingerprint density at radius 3 is 2.69 bits per heavy atom. The van der Waals surface area contributed by atoms with Crippen molar-refractivity contribution in [1.82, 2.24) is 0 Å². The Hall–Kier alpha value is -0.690. The van der Waals surface area contributed by atoms with Gasteiger partial charge in [-0.3, -0.25) is 0 Å². The quantitative estimate of drug-likeness (QED) is 0.738. The standard InChI is InChI=1S/C11H13ClO/c12-8-11(4-5-11)7-9-2-1-3-10(13)6-9/h1-3,6,13H,4-5,7-8H2. The number of phenols is 1. The van der Waals surface area contributed by atoms with Crippen molar-refractivity contribution in [2.75, 3.05) is 5.88 Å². The molecular weight excluding hydrogens is 184 g/mol. The zero-order valence-electron chi connectivity index (χ0n) is 7.46. The van der Waals surface area contributed by atoms with Gasteiger partial charge in [-0.25, -0.2) is 0 Å². The molecule has 1 N–H and O–H groups in total. The van der Waals surface area contributed by atoms with Crippen LogP contribution in [0.2, 0.25) is 0 Å². The van der Waals surface area contributed by atoms with Gasteiger partial charge in [0.25, 0.3) is 0 Å². The second kappa shape index (κ2) is 3.22. The molecule has 0 saturated heterocycles. The number of alkyl halides is 1. The first-order valence-electron chi connectivity index (χ1n) is 4.58. The molecule has 2 heteroatoms. The maximum absolute atomic E-state index is 9.27. The normalized spacial score (nSPS) is 18.5. The van der Waals surface area contributed by atoms with Crippen LogP contribution >= 0.6 is 11.6 Å². The topological polar surface area (TPSA) is 20.2 Å². The van der Waals surface area contributed by atoms with Crippen LogP contribution in [0.5, 0.6) is 5.75 Å². The molecule has 13 heavy (non-hydrogen) atoms. The summed E-state index contributed by atoms with van der Waals surface area (Å²) in [6, 6.07) is 7.46. The molecule has 1 aromatic carbocycles. The Morgan fingerprint density at radius 2 is 2.15 bits per heavy atom. The highest BCUT2D eigenvalue weighted by Gasteiger charge is 2.41. The summed E-state index contributed by atoms with van der Waals surface area (Å²) in [4.78, 5) is 0. The van der Waals surface area contributed by atoms with Crippen LogP contribution in [0.15, 0.2) is 24.3 Å². The molecular formula is C11H13ClO. The highest BCUT2D eigenvalue weighted by Crippen LogP contribution is 2.49. The molecule has 0 radical (unpaired) electrons. The lowest BCUT2D eigenvalue weighted by atomic mass is 9.98. The number of benzene rings is 1. The van der Waals surface area contributed by atoms with Crippen LogP contribution in [0.25, 0.3) is 0 Å². The first-order valence-corrected chi connectivity index (χ1v) is 5.11. The zero-order valence-corrected chi connectivity index (χ0v) is 8.22. The zero-order chi connectivity index (χ0) is 9.31. The minimum atomic E-state index is 0.343. The SMILES string of the molecule is Oc1cccc(CC2(CCl)CC2)c1. The summed E-state index contributed by atoms with van der Waals surface area (Å²) in [5, 5.41) is 9.27. The van der Waals surface area contributed by atoms with Gasteiger partial charge in [0.15, 0.2) is 0 Å². The molecule has 1 saturated carbocycles. The molecule has 0 unspecified atom stereocenters. The van der Waals surface area contributed by atoms with Gasteiger partial charge in [-0.05, 0) is 42.4 Å². The molecule has 1 aliphatic carbocycles. The average Bonchev–Trinajstić information content (AvgIpc) is 2.86. The lowest BCUT2D eigenvalue weighted by Gasteiger charge is -2.10. The number of aromatic hydroxyl groups is 1. The van der Waals surface area contributed by atoms with E-state index in [1.807, 2.05) is 18.2 Å². The van der Waals surface area contributed by atoms with Gasteiger partial charge in [-0.1, -0.05) is 12.1 Å². The van der Waals surface area contributed by atoms with Crippen molar-refractivity contribution in [3.8, 4) is 5.75 Å². The monoisotopic (exact) mass is 196 g/mol. The van der Waals surface area contributed by atoms with Gasteiger partial charge < -0.3 is 5.11 Å². The molecule has 0 amide bonds. The molecule has 0 bridgehead atoms. The van der Waals surface area contributed by atoms with Crippen LogP contribution in [0.1, 0.15) is 18.4 Å². The number of hydrogen-bond donors (Lipinski definition) is 1. The molecule has 0 spiro atoms. The molecule has 70 valence electrons. The van der Waals surface area contributed by atoms with Crippen molar-refractivity contribution in [1.29, 1.82) is 0 Å². The largest absolute Gasteiger partial charge is 0.508 e. The predicted molar refractivity (Wildman–Crippen MR) is 54.2 cm³/mol. The molecule has 1 aromatic rings. The van der Waals surface area contributed by atoms with Crippen molar-refractivity contribution >= 4 is 11.6 Å². The molecule has 2 rings (SSSR count). The number of phenolic OH excluding ortho intramolecular Hbond substituents is 1. The third-order valence-corrected chi connectivity index (χ3v) is 3.30. The molecule has 1 nitrogen and oxygen atoms in total. The van der Waals surface area contributed by atoms with Gasteiger partial charge in [-0.15, -0.1) is 11.6 Å². The first kappa shape index (κ1) is 8.89. The van der Waals surface area contributed by atoms with E-state index in [0.29, 0.717) is 11.2 Å². The number of halogens is 1. The van der Waals surface area contributed by atoms with E-state index in [4.69, 9.17) is 11.6 Å². The molecule has 0 atom stereocenters. The summed E-state index contributed by atoms with van der Waals surface area (Å²) < 4.78 is 0. The van der Waals surface area contributed by atoms with Gasteiger partial charge in [0.2, 0.25) is 0 Å². The summed E-state index contributed by atoms with van der Waals surface area (Å²) in [7, 11) is 0. The summed E-state index contributed by atoms with van der Waals surface area (Å²) in [5.41, 5.74) is 1.54. The van der Waals surface area contributed by atoms with Crippen molar-refractivity contribution < 1.29 is 5.11 Å². The van der Waals surface area contributed by atoms with Crippen LogP contribution < -0.4 is 0 Å². The number of rotatable bonds is 3. The Labute approximate surface area is 83.3 Å². The van der Waals surface area contributed by atoms with Gasteiger partial charge in [0.1, 0.15) is 5.75 Å². The van der Waals surface area contributed by atoms with Gasteiger partial charge in [0.05, 0.1) is 0 Å². The Kier molecular flexibility index (Phi) is 2.20. The molecule has 0 aromatic heterocycles. The molecule has 1 fully saturated rings. The number of hydrogen-bond acceptors (Lipinski definition) is 1. The molecule has 1 aliphatic rings. The maximum atomic E-state index is 9.27. The van der Waals surface area contributed by atoms with Crippen LogP contribution in [-0.4, -0.2) is 11.0 Å².